The molecule has 0 unspecified atom stereocenters. The molecule has 0 radical (unpaired) electrons. The lowest BCUT2D eigenvalue weighted by molar-refractivity contribution is 0.487. The minimum absolute atomic E-state index is 0.0293. The molecule has 2 saturated carbocycles. The molecule has 27 heavy (non-hydrogen) atoms. The van der Waals surface area contributed by atoms with Gasteiger partial charge in [-0.15, -0.1) is 0 Å². The van der Waals surface area contributed by atoms with Crippen molar-refractivity contribution in [1.82, 2.24) is 0 Å². The van der Waals surface area contributed by atoms with Crippen LogP contribution in [0.2, 0.25) is 0 Å². The van der Waals surface area contributed by atoms with Gasteiger partial charge in [-0.05, 0) is 91.8 Å². The summed E-state index contributed by atoms with van der Waals surface area (Å²) in [5.74, 6) is 0. The van der Waals surface area contributed by atoms with Crippen molar-refractivity contribution in [3.8, 4) is 0 Å². The van der Waals surface area contributed by atoms with E-state index in [1.54, 1.807) is 33.2 Å². The molecule has 1 heteroatoms. The maximum Gasteiger partial charge on any atom is -0.00552 e. The van der Waals surface area contributed by atoms with Gasteiger partial charge in [-0.3, -0.25) is 0 Å². The molecule has 146 valence electrons. The fourth-order valence-electron chi connectivity index (χ4n) is 5.74. The molecule has 3 aliphatic rings. The zero-order valence-electron chi connectivity index (χ0n) is 17.7. The monoisotopic (exact) mass is 380 g/mol. The van der Waals surface area contributed by atoms with Crippen LogP contribution >= 0.6 is 7.92 Å². The Morgan fingerprint density at radius 1 is 0.704 bits per heavy atom. The van der Waals surface area contributed by atoms with Crippen molar-refractivity contribution in [3.63, 3.8) is 0 Å². The highest BCUT2D eigenvalue weighted by molar-refractivity contribution is 7.67. The Balaban J connectivity index is 1.74. The van der Waals surface area contributed by atoms with Crippen LogP contribution in [0, 0.1) is 0 Å². The molecule has 1 aromatic rings. The number of hydrogen-bond donors (Lipinski definition) is 0. The first kappa shape index (κ1) is 19.4. The summed E-state index contributed by atoms with van der Waals surface area (Å²) in [5, 5.41) is 1.77. The van der Waals surface area contributed by atoms with Crippen LogP contribution in [-0.2, 0) is 0 Å². The van der Waals surface area contributed by atoms with E-state index in [9.17, 15) is 0 Å². The second kappa shape index (κ2) is 8.65. The zero-order valence-corrected chi connectivity index (χ0v) is 18.6. The van der Waals surface area contributed by atoms with Crippen molar-refractivity contribution in [2.24, 2.45) is 0 Å². The van der Waals surface area contributed by atoms with Gasteiger partial charge in [0, 0.05) is 0 Å². The second-order valence-corrected chi connectivity index (χ2v) is 12.0. The molecule has 0 saturated heterocycles. The summed E-state index contributed by atoms with van der Waals surface area (Å²) in [5.41, 5.74) is 9.90. The van der Waals surface area contributed by atoms with Crippen LogP contribution in [0.4, 0.5) is 0 Å². The summed E-state index contributed by atoms with van der Waals surface area (Å²) >= 11 is 0. The Bertz CT molecular complexity index is 708. The molecule has 0 atom stereocenters. The summed E-state index contributed by atoms with van der Waals surface area (Å²) in [6, 6.07) is 9.61. The molecule has 0 bridgehead atoms. The van der Waals surface area contributed by atoms with Crippen molar-refractivity contribution in [1.29, 1.82) is 0 Å². The van der Waals surface area contributed by atoms with Gasteiger partial charge in [0.25, 0.3) is 0 Å². The van der Waals surface area contributed by atoms with Crippen molar-refractivity contribution >= 4 is 18.8 Å². The lowest BCUT2D eigenvalue weighted by atomic mass is 9.99. The summed E-state index contributed by atoms with van der Waals surface area (Å²) in [4.78, 5) is 0. The van der Waals surface area contributed by atoms with Gasteiger partial charge in [0.15, 0.2) is 0 Å². The van der Waals surface area contributed by atoms with Crippen molar-refractivity contribution in [2.75, 3.05) is 0 Å². The minimum Gasteiger partial charge on any atom is -0.0683 e. The lowest BCUT2D eigenvalue weighted by Crippen LogP contribution is -2.27. The predicted molar refractivity (Wildman–Crippen MR) is 122 cm³/mol. The molecule has 0 amide bonds. The SMILES string of the molecule is CC1=C(C)C(C)=C(c2ccccc2P(C2CCCCC2)C2CCCCC2)C1. The van der Waals surface area contributed by atoms with Crippen LogP contribution in [0.3, 0.4) is 0 Å². The topological polar surface area (TPSA) is 0 Å². The van der Waals surface area contributed by atoms with Crippen molar-refractivity contribution in [3.05, 3.63) is 46.5 Å². The Morgan fingerprint density at radius 2 is 1.26 bits per heavy atom. The van der Waals surface area contributed by atoms with E-state index in [2.05, 4.69) is 45.0 Å². The summed E-state index contributed by atoms with van der Waals surface area (Å²) in [6.07, 6.45) is 16.0. The lowest BCUT2D eigenvalue weighted by Gasteiger charge is -2.39. The quantitative estimate of drug-likeness (QED) is 0.465. The summed E-state index contributed by atoms with van der Waals surface area (Å²) in [7, 11) is -0.0293. The van der Waals surface area contributed by atoms with E-state index in [4.69, 9.17) is 0 Å². The molecule has 0 aliphatic heterocycles. The fraction of sp³-hybridized carbons (Fsp3) is 0.615. The van der Waals surface area contributed by atoms with Crippen molar-refractivity contribution < 1.29 is 0 Å². The van der Waals surface area contributed by atoms with E-state index in [-0.39, 0.29) is 7.92 Å². The first-order chi connectivity index (χ1) is 13.2. The van der Waals surface area contributed by atoms with Gasteiger partial charge in [-0.25, -0.2) is 0 Å². The Kier molecular flexibility index (Phi) is 6.23. The highest BCUT2D eigenvalue weighted by atomic mass is 31.1. The van der Waals surface area contributed by atoms with Gasteiger partial charge in [-0.1, -0.05) is 76.3 Å². The maximum absolute atomic E-state index is 2.54. The average molecular weight is 381 g/mol. The van der Waals surface area contributed by atoms with Crippen LogP contribution in [0.25, 0.3) is 5.57 Å². The van der Waals surface area contributed by atoms with Gasteiger partial charge in [0.05, 0.1) is 0 Å². The molecule has 1 aromatic carbocycles. The van der Waals surface area contributed by atoms with Gasteiger partial charge >= 0.3 is 0 Å². The van der Waals surface area contributed by atoms with E-state index in [0.29, 0.717) is 0 Å². The van der Waals surface area contributed by atoms with Crippen LogP contribution in [0.1, 0.15) is 97.0 Å². The third kappa shape index (κ3) is 3.98. The molecule has 0 aromatic heterocycles. The van der Waals surface area contributed by atoms with Crippen molar-refractivity contribution in [2.45, 2.75) is 103 Å². The normalized spacial score (nSPS) is 23.0. The number of benzene rings is 1. The minimum atomic E-state index is -0.0293. The first-order valence-corrected chi connectivity index (χ1v) is 12.9. The van der Waals surface area contributed by atoms with Crippen LogP contribution in [0.5, 0.6) is 0 Å². The Labute approximate surface area is 168 Å². The van der Waals surface area contributed by atoms with Crippen LogP contribution < -0.4 is 5.30 Å². The molecular formula is C26H37P. The average Bonchev–Trinajstić information content (AvgIpc) is 2.97. The molecule has 0 spiro atoms. The fourth-order valence-corrected chi connectivity index (χ4v) is 9.71. The van der Waals surface area contributed by atoms with Crippen LogP contribution in [-0.4, -0.2) is 11.3 Å². The van der Waals surface area contributed by atoms with E-state index in [0.717, 1.165) is 11.3 Å². The predicted octanol–water partition coefficient (Wildman–Crippen LogP) is 7.97. The van der Waals surface area contributed by atoms with E-state index in [1.807, 2.05) is 0 Å². The largest absolute Gasteiger partial charge is 0.0683 e. The third-order valence-corrected chi connectivity index (χ3v) is 11.1. The highest BCUT2D eigenvalue weighted by Gasteiger charge is 2.34. The molecule has 0 heterocycles. The summed E-state index contributed by atoms with van der Waals surface area (Å²) < 4.78 is 0. The smallest absolute Gasteiger partial charge is 0.00552 e. The number of hydrogen-bond acceptors (Lipinski definition) is 0. The van der Waals surface area contributed by atoms with Gasteiger partial charge < -0.3 is 0 Å². The van der Waals surface area contributed by atoms with Crippen LogP contribution in [0.15, 0.2) is 41.0 Å². The third-order valence-electron chi connectivity index (χ3n) is 7.54. The molecule has 3 aliphatic carbocycles. The molecular weight excluding hydrogens is 343 g/mol. The maximum atomic E-state index is 2.54. The molecule has 4 rings (SSSR count). The molecule has 0 N–H and O–H groups in total. The van der Waals surface area contributed by atoms with E-state index >= 15 is 0 Å². The van der Waals surface area contributed by atoms with E-state index < -0.39 is 0 Å². The number of rotatable bonds is 4. The first-order valence-electron chi connectivity index (χ1n) is 11.4. The zero-order chi connectivity index (χ0) is 18.8. The van der Waals surface area contributed by atoms with Gasteiger partial charge in [-0.2, -0.15) is 0 Å². The highest BCUT2D eigenvalue weighted by Crippen LogP contribution is 2.56. The van der Waals surface area contributed by atoms with Gasteiger partial charge in [0.1, 0.15) is 0 Å². The standard InChI is InChI=1S/C26H37P/c1-19-18-25(21(3)20(19)2)24-16-10-11-17-26(24)27(22-12-6-4-7-13-22)23-14-8-5-9-15-23/h10-11,16-17,22-23H,4-9,12-15,18H2,1-3H3. The second-order valence-electron chi connectivity index (χ2n) is 9.19. The molecule has 0 nitrogen and oxygen atoms in total. The van der Waals surface area contributed by atoms with E-state index in [1.165, 1.54) is 70.6 Å². The Morgan fingerprint density at radius 3 is 1.78 bits per heavy atom. The van der Waals surface area contributed by atoms with Gasteiger partial charge in [0.2, 0.25) is 0 Å². The summed E-state index contributed by atoms with van der Waals surface area (Å²) in [6.45, 7) is 7.02. The molecule has 2 fully saturated rings. The number of allylic oxidation sites excluding steroid dienone is 4. The Hall–Kier alpha value is -0.870.